The fraction of sp³-hybridized carbons (Fsp3) is 0.471. The first kappa shape index (κ1) is 23.6. The maximum absolute atomic E-state index is 11.9. The van der Waals surface area contributed by atoms with Crippen molar-refractivity contribution in [3.05, 3.63) is 23.9 Å². The molecule has 1 aromatic heterocycles. The van der Waals surface area contributed by atoms with Gasteiger partial charge in [0.15, 0.2) is 0 Å². The van der Waals surface area contributed by atoms with Crippen LogP contribution in [0.2, 0.25) is 0 Å². The third-order valence-electron chi connectivity index (χ3n) is 3.85. The van der Waals surface area contributed by atoms with Gasteiger partial charge in [-0.25, -0.2) is 20.4 Å². The van der Waals surface area contributed by atoms with Gasteiger partial charge in [0.25, 0.3) is 5.91 Å². The van der Waals surface area contributed by atoms with Crippen molar-refractivity contribution in [1.29, 1.82) is 0 Å². The van der Waals surface area contributed by atoms with Gasteiger partial charge < -0.3 is 31.6 Å². The second kappa shape index (κ2) is 12.9. The Hall–Kier alpha value is -3.41. The summed E-state index contributed by atoms with van der Waals surface area (Å²) in [5.74, 6) is 2.98. The Kier molecular flexibility index (Phi) is 10.5. The van der Waals surface area contributed by atoms with E-state index in [1.807, 2.05) is 0 Å². The lowest BCUT2D eigenvalue weighted by Gasteiger charge is -2.14. The summed E-state index contributed by atoms with van der Waals surface area (Å²) in [7, 11) is 0. The molecule has 0 spiro atoms. The Morgan fingerprint density at radius 2 is 1.72 bits per heavy atom. The molecular weight excluding hydrogens is 384 g/mol. The van der Waals surface area contributed by atoms with Crippen LogP contribution in [-0.4, -0.2) is 58.2 Å². The van der Waals surface area contributed by atoms with Crippen LogP contribution in [0.1, 0.15) is 42.5 Å². The summed E-state index contributed by atoms with van der Waals surface area (Å²) in [5.41, 5.74) is 2.78. The Bertz CT molecular complexity index is 696. The van der Waals surface area contributed by atoms with E-state index in [-0.39, 0.29) is 18.7 Å². The highest BCUT2D eigenvalue weighted by molar-refractivity contribution is 5.94. The van der Waals surface area contributed by atoms with Crippen LogP contribution in [-0.2, 0) is 9.59 Å². The summed E-state index contributed by atoms with van der Waals surface area (Å²) >= 11 is 0. The van der Waals surface area contributed by atoms with Gasteiger partial charge in [0, 0.05) is 25.7 Å². The lowest BCUT2D eigenvalue weighted by molar-refractivity contribution is -0.140. The van der Waals surface area contributed by atoms with E-state index in [1.54, 1.807) is 12.1 Å². The molecule has 1 atom stereocenters. The van der Waals surface area contributed by atoms with E-state index in [1.165, 1.54) is 6.20 Å². The molecule has 0 aliphatic rings. The standard InChI is InChI=1S/C17H26N6O6/c18-23-13-6-4-11(10-21-13)15(26)19-8-2-1-3-9-20-17(29)22-12(16(27)28)5-7-14(24)25/h4,6,10,12H,1-3,5,7-9,18H2,(H,19,26)(H,21,23)(H,24,25)(H,27,28)(H2,20,22,29). The van der Waals surface area contributed by atoms with E-state index in [0.29, 0.717) is 37.3 Å². The molecule has 0 aromatic carbocycles. The number of unbranched alkanes of at least 4 members (excludes halogenated alkanes) is 2. The van der Waals surface area contributed by atoms with Gasteiger partial charge in [-0.2, -0.15) is 0 Å². The molecular formula is C17H26N6O6. The van der Waals surface area contributed by atoms with Crippen LogP contribution in [0.15, 0.2) is 18.3 Å². The summed E-state index contributed by atoms with van der Waals surface area (Å²) in [4.78, 5) is 49.0. The second-order valence-electron chi connectivity index (χ2n) is 6.12. The molecule has 0 radical (unpaired) electrons. The quantitative estimate of drug-likeness (QED) is 0.132. The average Bonchev–Trinajstić information content (AvgIpc) is 2.69. The molecule has 1 heterocycles. The number of carbonyl (C=O) groups excluding carboxylic acids is 2. The molecule has 0 saturated heterocycles. The number of carbonyl (C=O) groups is 4. The molecule has 8 N–H and O–H groups in total. The number of nitrogen functional groups attached to an aromatic ring is 1. The zero-order valence-corrected chi connectivity index (χ0v) is 15.8. The van der Waals surface area contributed by atoms with Crippen molar-refractivity contribution in [1.82, 2.24) is 20.9 Å². The summed E-state index contributed by atoms with van der Waals surface area (Å²) < 4.78 is 0. The topological polar surface area (TPSA) is 196 Å². The number of carboxylic acids is 2. The van der Waals surface area contributed by atoms with Gasteiger partial charge in [-0.3, -0.25) is 9.59 Å². The second-order valence-corrected chi connectivity index (χ2v) is 6.12. The number of carboxylic acid groups (broad SMARTS) is 2. The van der Waals surface area contributed by atoms with Gasteiger partial charge >= 0.3 is 18.0 Å². The molecule has 0 aliphatic carbocycles. The first-order chi connectivity index (χ1) is 13.8. The Labute approximate surface area is 167 Å². The van der Waals surface area contributed by atoms with Crippen molar-refractivity contribution >= 4 is 29.7 Å². The molecule has 29 heavy (non-hydrogen) atoms. The maximum atomic E-state index is 11.9. The predicted octanol–water partition coefficient (Wildman–Crippen LogP) is -0.115. The third kappa shape index (κ3) is 9.91. The van der Waals surface area contributed by atoms with Crippen LogP contribution >= 0.6 is 0 Å². The number of nitrogens with one attached hydrogen (secondary N) is 4. The number of urea groups is 1. The fourth-order valence-corrected chi connectivity index (χ4v) is 2.28. The first-order valence-corrected chi connectivity index (χ1v) is 9.03. The molecule has 0 bridgehead atoms. The number of nitrogens with two attached hydrogens (primary N) is 1. The number of hydrazine groups is 1. The van der Waals surface area contributed by atoms with Gasteiger partial charge in [-0.05, 0) is 37.8 Å². The highest BCUT2D eigenvalue weighted by Gasteiger charge is 2.20. The number of rotatable bonds is 13. The zero-order valence-electron chi connectivity index (χ0n) is 15.8. The average molecular weight is 410 g/mol. The van der Waals surface area contributed by atoms with E-state index in [0.717, 1.165) is 6.42 Å². The van der Waals surface area contributed by atoms with Gasteiger partial charge in [0.2, 0.25) is 0 Å². The van der Waals surface area contributed by atoms with Crippen LogP contribution in [0.3, 0.4) is 0 Å². The highest BCUT2D eigenvalue weighted by atomic mass is 16.4. The van der Waals surface area contributed by atoms with E-state index in [4.69, 9.17) is 16.1 Å². The molecule has 12 nitrogen and oxygen atoms in total. The predicted molar refractivity (Wildman–Crippen MR) is 103 cm³/mol. The SMILES string of the molecule is NNc1ccc(C(=O)NCCCCCNC(=O)NC(CCC(=O)O)C(=O)O)cn1. The molecule has 160 valence electrons. The first-order valence-electron chi connectivity index (χ1n) is 9.03. The van der Waals surface area contributed by atoms with Crippen LogP contribution in [0.25, 0.3) is 0 Å². The lowest BCUT2D eigenvalue weighted by Crippen LogP contribution is -2.46. The van der Waals surface area contributed by atoms with E-state index < -0.39 is 24.0 Å². The monoisotopic (exact) mass is 410 g/mol. The largest absolute Gasteiger partial charge is 0.481 e. The molecule has 0 saturated carbocycles. The number of nitrogens with zero attached hydrogens (tertiary/aromatic N) is 1. The number of amides is 3. The van der Waals surface area contributed by atoms with Crippen molar-refractivity contribution < 1.29 is 29.4 Å². The van der Waals surface area contributed by atoms with E-state index in [9.17, 15) is 19.2 Å². The van der Waals surface area contributed by atoms with Crippen molar-refractivity contribution in [2.45, 2.75) is 38.1 Å². The minimum atomic E-state index is -1.29. The van der Waals surface area contributed by atoms with Crippen LogP contribution < -0.4 is 27.2 Å². The van der Waals surface area contributed by atoms with Gasteiger partial charge in [-0.1, -0.05) is 0 Å². The summed E-state index contributed by atoms with van der Waals surface area (Å²) in [6.07, 6.45) is 2.92. The zero-order chi connectivity index (χ0) is 21.6. The normalized spacial score (nSPS) is 11.2. The molecule has 1 unspecified atom stereocenters. The van der Waals surface area contributed by atoms with Crippen molar-refractivity contribution in [2.75, 3.05) is 18.5 Å². The number of aromatic nitrogens is 1. The van der Waals surface area contributed by atoms with Crippen molar-refractivity contribution in [2.24, 2.45) is 5.84 Å². The molecule has 0 aliphatic heterocycles. The van der Waals surface area contributed by atoms with Gasteiger partial charge in [0.05, 0.1) is 5.56 Å². The lowest BCUT2D eigenvalue weighted by atomic mass is 10.1. The third-order valence-corrected chi connectivity index (χ3v) is 3.85. The van der Waals surface area contributed by atoms with E-state index in [2.05, 4.69) is 26.4 Å². The van der Waals surface area contributed by atoms with Crippen molar-refractivity contribution in [3.63, 3.8) is 0 Å². The summed E-state index contributed by atoms with van der Waals surface area (Å²) in [5, 5.41) is 25.1. The van der Waals surface area contributed by atoms with Crippen molar-refractivity contribution in [3.8, 4) is 0 Å². The Morgan fingerprint density at radius 1 is 1.03 bits per heavy atom. The summed E-state index contributed by atoms with van der Waals surface area (Å²) in [6, 6.07) is 1.26. The Morgan fingerprint density at radius 3 is 2.28 bits per heavy atom. The van der Waals surface area contributed by atoms with Crippen LogP contribution in [0.5, 0.6) is 0 Å². The minimum Gasteiger partial charge on any atom is -0.481 e. The molecule has 1 aromatic rings. The number of anilines is 1. The highest BCUT2D eigenvalue weighted by Crippen LogP contribution is 2.03. The number of aliphatic carboxylic acids is 2. The van der Waals surface area contributed by atoms with Crippen LogP contribution in [0.4, 0.5) is 10.6 Å². The van der Waals surface area contributed by atoms with E-state index >= 15 is 0 Å². The maximum Gasteiger partial charge on any atom is 0.326 e. The fourth-order valence-electron chi connectivity index (χ4n) is 2.28. The molecule has 12 heteroatoms. The number of pyridine rings is 1. The number of hydrogen-bond donors (Lipinski definition) is 7. The molecule has 3 amide bonds. The van der Waals surface area contributed by atoms with Gasteiger partial charge in [-0.15, -0.1) is 0 Å². The minimum absolute atomic E-state index is 0.196. The molecule has 1 rings (SSSR count). The molecule has 0 fully saturated rings. The van der Waals surface area contributed by atoms with Gasteiger partial charge in [0.1, 0.15) is 11.9 Å². The smallest absolute Gasteiger partial charge is 0.326 e. The summed E-state index contributed by atoms with van der Waals surface area (Å²) in [6.45, 7) is 0.778. The number of hydrogen-bond acceptors (Lipinski definition) is 7. The Balaban J connectivity index is 2.14. The van der Waals surface area contributed by atoms with Crippen LogP contribution in [0, 0.1) is 0 Å².